The van der Waals surface area contributed by atoms with Gasteiger partial charge in [0.1, 0.15) is 17.2 Å². The summed E-state index contributed by atoms with van der Waals surface area (Å²) in [5.41, 5.74) is -0.107. The lowest BCUT2D eigenvalue weighted by Crippen LogP contribution is -2.33. The van der Waals surface area contributed by atoms with Crippen molar-refractivity contribution < 1.29 is 14.3 Å². The molecule has 0 aliphatic carbocycles. The van der Waals surface area contributed by atoms with Gasteiger partial charge in [-0.05, 0) is 71.2 Å². The summed E-state index contributed by atoms with van der Waals surface area (Å²) in [7, 11) is 5.51. The number of ether oxygens (including phenoxy) is 1. The summed E-state index contributed by atoms with van der Waals surface area (Å²) in [5.74, 6) is 1.85. The molecule has 0 radical (unpaired) electrons. The predicted molar refractivity (Wildman–Crippen MR) is 139 cm³/mol. The molecule has 0 bridgehead atoms. The summed E-state index contributed by atoms with van der Waals surface area (Å²) in [5, 5.41) is 20.0. The van der Waals surface area contributed by atoms with Crippen molar-refractivity contribution in [1.82, 2.24) is 20.5 Å². The Bertz CT molecular complexity index is 974. The Balaban J connectivity index is 1.93. The van der Waals surface area contributed by atoms with Gasteiger partial charge in [-0.15, -0.1) is 10.2 Å². The number of rotatable bonds is 11. The molecule has 0 aliphatic heterocycles. The number of carbonyl (C=O) groups is 2. The highest BCUT2D eigenvalue weighted by molar-refractivity contribution is 6.07. The van der Waals surface area contributed by atoms with Crippen LogP contribution in [0.15, 0.2) is 24.3 Å². The van der Waals surface area contributed by atoms with Gasteiger partial charge in [-0.2, -0.15) is 0 Å². The Morgan fingerprint density at radius 2 is 1.77 bits per heavy atom. The Kier molecular flexibility index (Phi) is 10.0. The van der Waals surface area contributed by atoms with E-state index in [4.69, 9.17) is 4.74 Å². The molecular formula is C24H38N8O3. The fourth-order valence-corrected chi connectivity index (χ4v) is 3.09. The number of hydrogen-bond acceptors (Lipinski definition) is 9. The summed E-state index contributed by atoms with van der Waals surface area (Å²) in [4.78, 5) is 31.0. The summed E-state index contributed by atoms with van der Waals surface area (Å²) >= 11 is 0. The van der Waals surface area contributed by atoms with Gasteiger partial charge in [-0.1, -0.05) is 0 Å². The van der Waals surface area contributed by atoms with Gasteiger partial charge in [0.05, 0.1) is 5.56 Å². The van der Waals surface area contributed by atoms with Crippen molar-refractivity contribution in [2.75, 3.05) is 48.5 Å². The van der Waals surface area contributed by atoms with Crippen LogP contribution in [-0.4, -0.2) is 66.5 Å². The van der Waals surface area contributed by atoms with Crippen LogP contribution in [0.4, 0.5) is 28.1 Å². The van der Waals surface area contributed by atoms with Gasteiger partial charge in [0, 0.05) is 33.7 Å². The van der Waals surface area contributed by atoms with Crippen LogP contribution in [0, 0.1) is 0 Å². The molecule has 192 valence electrons. The third kappa shape index (κ3) is 9.63. The quantitative estimate of drug-likeness (QED) is 0.351. The molecule has 35 heavy (non-hydrogen) atoms. The lowest BCUT2D eigenvalue weighted by atomic mass is 10.1. The van der Waals surface area contributed by atoms with Crippen LogP contribution in [0.3, 0.4) is 0 Å². The molecule has 0 saturated carbocycles. The fraction of sp³-hybridized carbons (Fsp3) is 0.542. The van der Waals surface area contributed by atoms with Gasteiger partial charge >= 0.3 is 6.09 Å². The molecule has 11 heteroatoms. The maximum atomic E-state index is 13.0. The molecular weight excluding hydrogens is 448 g/mol. The largest absolute Gasteiger partial charge is 0.444 e. The lowest BCUT2D eigenvalue weighted by Gasteiger charge is -2.20. The Labute approximate surface area is 207 Å². The van der Waals surface area contributed by atoms with Gasteiger partial charge in [-0.25, -0.2) is 9.78 Å². The second kappa shape index (κ2) is 12.7. The number of nitrogens with zero attached hydrogens (tertiary/aromatic N) is 4. The molecule has 2 heterocycles. The van der Waals surface area contributed by atoms with Crippen molar-refractivity contribution in [2.45, 2.75) is 58.6 Å². The van der Waals surface area contributed by atoms with Crippen LogP contribution in [0.1, 0.15) is 57.3 Å². The second-order valence-electron chi connectivity index (χ2n) is 9.44. The SMILES string of the molecule is CNc1ccc(C(=O)Nc2ccc(N(C)C)nn2)c(NC(C)CCCCNC(=O)OC(C)(C)C)n1. The Morgan fingerprint density at radius 1 is 1.06 bits per heavy atom. The molecule has 0 saturated heterocycles. The van der Waals surface area contributed by atoms with E-state index < -0.39 is 11.7 Å². The molecule has 11 nitrogen and oxygen atoms in total. The summed E-state index contributed by atoms with van der Waals surface area (Å²) < 4.78 is 5.24. The summed E-state index contributed by atoms with van der Waals surface area (Å²) in [6.07, 6.45) is 2.11. The third-order valence-electron chi connectivity index (χ3n) is 4.86. The summed E-state index contributed by atoms with van der Waals surface area (Å²) in [6, 6.07) is 7.01. The van der Waals surface area contributed by atoms with Gasteiger partial charge in [0.15, 0.2) is 11.6 Å². The van der Waals surface area contributed by atoms with E-state index in [1.807, 2.05) is 46.7 Å². The number of unbranched alkanes of at least 4 members (excludes halogenated alkanes) is 1. The molecule has 0 aliphatic rings. The van der Waals surface area contributed by atoms with E-state index in [-0.39, 0.29) is 11.9 Å². The Morgan fingerprint density at radius 3 is 2.37 bits per heavy atom. The van der Waals surface area contributed by atoms with E-state index in [0.29, 0.717) is 35.4 Å². The monoisotopic (exact) mass is 486 g/mol. The van der Waals surface area contributed by atoms with Crippen LogP contribution in [-0.2, 0) is 4.74 Å². The molecule has 1 unspecified atom stereocenters. The predicted octanol–water partition coefficient (Wildman–Crippen LogP) is 3.73. The highest BCUT2D eigenvalue weighted by Crippen LogP contribution is 2.20. The van der Waals surface area contributed by atoms with Crippen LogP contribution in [0.2, 0.25) is 0 Å². The average molecular weight is 487 g/mol. The number of pyridine rings is 1. The van der Waals surface area contributed by atoms with Crippen molar-refractivity contribution in [1.29, 1.82) is 0 Å². The number of anilines is 4. The Hall–Kier alpha value is -3.63. The van der Waals surface area contributed by atoms with Crippen LogP contribution >= 0.6 is 0 Å². The number of alkyl carbamates (subject to hydrolysis) is 1. The first-order valence-corrected chi connectivity index (χ1v) is 11.7. The minimum Gasteiger partial charge on any atom is -0.444 e. The molecule has 0 spiro atoms. The van der Waals surface area contributed by atoms with Crippen molar-refractivity contribution in [3.8, 4) is 0 Å². The van der Waals surface area contributed by atoms with Crippen LogP contribution in [0.25, 0.3) is 0 Å². The topological polar surface area (TPSA) is 133 Å². The number of nitrogens with one attached hydrogen (secondary N) is 4. The molecule has 1 atom stereocenters. The molecule has 2 aromatic rings. The van der Waals surface area contributed by atoms with Gasteiger partial charge in [0.2, 0.25) is 0 Å². The smallest absolute Gasteiger partial charge is 0.407 e. The van der Waals surface area contributed by atoms with Crippen LogP contribution < -0.4 is 26.2 Å². The molecule has 0 fully saturated rings. The van der Waals surface area contributed by atoms with Crippen molar-refractivity contribution >= 4 is 35.3 Å². The maximum absolute atomic E-state index is 13.0. The molecule has 0 aromatic carbocycles. The first-order valence-electron chi connectivity index (χ1n) is 11.7. The number of amides is 2. The highest BCUT2D eigenvalue weighted by atomic mass is 16.6. The standard InChI is InChI=1S/C24H38N8O3/c1-16(10-8-9-15-26-23(34)35-24(2,3)4)27-21-17(11-12-18(25-5)28-21)22(33)29-19-13-14-20(31-30-19)32(6)7/h11-14,16H,8-10,15H2,1-7H3,(H,26,34)(H2,25,27,28)(H,29,30,33). The molecule has 2 rings (SSSR count). The second-order valence-corrected chi connectivity index (χ2v) is 9.44. The highest BCUT2D eigenvalue weighted by Gasteiger charge is 2.17. The van der Waals surface area contributed by atoms with E-state index >= 15 is 0 Å². The van der Waals surface area contributed by atoms with E-state index in [9.17, 15) is 9.59 Å². The van der Waals surface area contributed by atoms with Crippen LogP contribution in [0.5, 0.6) is 0 Å². The van der Waals surface area contributed by atoms with E-state index in [1.54, 1.807) is 31.3 Å². The first-order chi connectivity index (χ1) is 16.5. The fourth-order valence-electron chi connectivity index (χ4n) is 3.09. The molecule has 2 amide bonds. The number of aromatic nitrogens is 3. The number of hydrogen-bond donors (Lipinski definition) is 4. The zero-order chi connectivity index (χ0) is 26.0. The average Bonchev–Trinajstić information content (AvgIpc) is 2.77. The van der Waals surface area contributed by atoms with Crippen molar-refractivity contribution in [2.24, 2.45) is 0 Å². The minimum atomic E-state index is -0.510. The number of carbonyl (C=O) groups excluding carboxylic acids is 2. The van der Waals surface area contributed by atoms with Crippen molar-refractivity contribution in [3.05, 3.63) is 29.8 Å². The normalized spacial score (nSPS) is 11.9. The zero-order valence-corrected chi connectivity index (χ0v) is 21.7. The lowest BCUT2D eigenvalue weighted by molar-refractivity contribution is 0.0527. The minimum absolute atomic E-state index is 0.0573. The molecule has 4 N–H and O–H groups in total. The maximum Gasteiger partial charge on any atom is 0.407 e. The third-order valence-corrected chi connectivity index (χ3v) is 4.86. The van der Waals surface area contributed by atoms with Gasteiger partial charge < -0.3 is 30.9 Å². The van der Waals surface area contributed by atoms with E-state index in [0.717, 1.165) is 19.3 Å². The summed E-state index contributed by atoms with van der Waals surface area (Å²) in [6.45, 7) is 8.07. The van der Waals surface area contributed by atoms with Gasteiger partial charge in [-0.3, -0.25) is 4.79 Å². The first kappa shape index (κ1) is 27.6. The van der Waals surface area contributed by atoms with E-state index in [1.165, 1.54) is 0 Å². The van der Waals surface area contributed by atoms with Gasteiger partial charge in [0.25, 0.3) is 5.91 Å². The van der Waals surface area contributed by atoms with Crippen molar-refractivity contribution in [3.63, 3.8) is 0 Å². The van der Waals surface area contributed by atoms with E-state index in [2.05, 4.69) is 36.4 Å². The molecule has 2 aromatic heterocycles. The zero-order valence-electron chi connectivity index (χ0n) is 21.7.